The Kier molecular flexibility index (Phi) is 6.15. The van der Waals surface area contributed by atoms with Crippen LogP contribution >= 0.6 is 0 Å². The summed E-state index contributed by atoms with van der Waals surface area (Å²) in [6, 6.07) is 13.9. The minimum Gasteiger partial charge on any atom is -0.491 e. The van der Waals surface area contributed by atoms with Crippen molar-refractivity contribution in [3.8, 4) is 5.75 Å². The Hall–Kier alpha value is -2.36. The number of benzene rings is 2. The highest BCUT2D eigenvalue weighted by atomic mass is 19.1. The van der Waals surface area contributed by atoms with Crippen LogP contribution in [0.4, 0.5) is 4.39 Å². The van der Waals surface area contributed by atoms with Crippen LogP contribution in [0.5, 0.6) is 5.75 Å². The van der Waals surface area contributed by atoms with Gasteiger partial charge in [-0.1, -0.05) is 30.3 Å². The molecule has 0 aliphatic heterocycles. The molecule has 3 nitrogen and oxygen atoms in total. The van der Waals surface area contributed by atoms with E-state index < -0.39 is 0 Å². The topological polar surface area (TPSA) is 38.3 Å². The van der Waals surface area contributed by atoms with E-state index in [-0.39, 0.29) is 17.8 Å². The monoisotopic (exact) mass is 315 g/mol. The lowest BCUT2D eigenvalue weighted by atomic mass is 10.1. The largest absolute Gasteiger partial charge is 0.491 e. The molecule has 0 spiro atoms. The average molecular weight is 315 g/mol. The van der Waals surface area contributed by atoms with Gasteiger partial charge >= 0.3 is 0 Å². The van der Waals surface area contributed by atoms with Crippen molar-refractivity contribution in [3.63, 3.8) is 0 Å². The van der Waals surface area contributed by atoms with Crippen molar-refractivity contribution >= 4 is 5.91 Å². The number of aryl methyl sites for hydroxylation is 2. The maximum Gasteiger partial charge on any atom is 0.220 e. The first-order valence-electron chi connectivity index (χ1n) is 7.77. The Morgan fingerprint density at radius 3 is 2.57 bits per heavy atom. The van der Waals surface area contributed by atoms with Gasteiger partial charge in [0.2, 0.25) is 5.91 Å². The first-order chi connectivity index (χ1) is 11.0. The molecule has 1 atom stereocenters. The fraction of sp³-hybridized carbons (Fsp3) is 0.316. The summed E-state index contributed by atoms with van der Waals surface area (Å²) in [5.74, 6) is 0.537. The predicted molar refractivity (Wildman–Crippen MR) is 89.0 cm³/mol. The van der Waals surface area contributed by atoms with Crippen LogP contribution in [0.3, 0.4) is 0 Å². The SMILES string of the molecule is Cc1ccccc1OC[C@H](C)NC(=O)CCc1ccc(F)cc1. The number of halogens is 1. The van der Waals surface area contributed by atoms with Crippen LogP contribution in [-0.2, 0) is 11.2 Å². The third kappa shape index (κ3) is 5.74. The van der Waals surface area contributed by atoms with Gasteiger partial charge in [0.15, 0.2) is 0 Å². The van der Waals surface area contributed by atoms with Crippen molar-refractivity contribution in [3.05, 3.63) is 65.5 Å². The number of hydrogen-bond acceptors (Lipinski definition) is 2. The van der Waals surface area contributed by atoms with E-state index in [9.17, 15) is 9.18 Å². The van der Waals surface area contributed by atoms with Crippen LogP contribution < -0.4 is 10.1 Å². The molecule has 0 aliphatic carbocycles. The summed E-state index contributed by atoms with van der Waals surface area (Å²) in [6.45, 7) is 4.32. The first kappa shape index (κ1) is 17.0. The summed E-state index contributed by atoms with van der Waals surface area (Å²) >= 11 is 0. The molecule has 0 bridgehead atoms. The number of amides is 1. The van der Waals surface area contributed by atoms with Crippen molar-refractivity contribution in [2.45, 2.75) is 32.7 Å². The zero-order chi connectivity index (χ0) is 16.7. The highest BCUT2D eigenvalue weighted by Crippen LogP contribution is 2.16. The van der Waals surface area contributed by atoms with Crippen molar-refractivity contribution in [2.75, 3.05) is 6.61 Å². The number of para-hydroxylation sites is 1. The van der Waals surface area contributed by atoms with Crippen LogP contribution in [0.2, 0.25) is 0 Å². The van der Waals surface area contributed by atoms with Gasteiger partial charge in [0.05, 0.1) is 6.04 Å². The number of rotatable bonds is 7. The lowest BCUT2D eigenvalue weighted by Crippen LogP contribution is -2.36. The van der Waals surface area contributed by atoms with E-state index in [4.69, 9.17) is 4.74 Å². The standard InChI is InChI=1S/C19H22FNO2/c1-14-5-3-4-6-18(14)23-13-15(2)21-19(22)12-9-16-7-10-17(20)11-8-16/h3-8,10-11,15H,9,12-13H2,1-2H3,(H,21,22)/t15-/m0/s1. The number of hydrogen-bond donors (Lipinski definition) is 1. The minimum absolute atomic E-state index is 0.0322. The molecule has 4 heteroatoms. The summed E-state index contributed by atoms with van der Waals surface area (Å²) in [7, 11) is 0. The molecule has 0 saturated carbocycles. The van der Waals surface area contributed by atoms with Gasteiger partial charge in [0.25, 0.3) is 0 Å². The van der Waals surface area contributed by atoms with Crippen LogP contribution in [0.1, 0.15) is 24.5 Å². The van der Waals surface area contributed by atoms with Gasteiger partial charge in [-0.05, 0) is 49.6 Å². The normalized spacial score (nSPS) is 11.8. The third-order valence-corrected chi connectivity index (χ3v) is 3.54. The Morgan fingerprint density at radius 1 is 1.17 bits per heavy atom. The molecule has 1 N–H and O–H groups in total. The zero-order valence-electron chi connectivity index (χ0n) is 13.5. The molecule has 0 heterocycles. The summed E-state index contributed by atoms with van der Waals surface area (Å²) in [5.41, 5.74) is 2.02. The van der Waals surface area contributed by atoms with E-state index in [1.165, 1.54) is 12.1 Å². The summed E-state index contributed by atoms with van der Waals surface area (Å²) < 4.78 is 18.5. The highest BCUT2D eigenvalue weighted by molar-refractivity contribution is 5.76. The van der Waals surface area contributed by atoms with E-state index in [0.29, 0.717) is 19.4 Å². The molecule has 0 aliphatic rings. The molecule has 0 unspecified atom stereocenters. The second-order valence-electron chi connectivity index (χ2n) is 5.67. The van der Waals surface area contributed by atoms with Gasteiger partial charge in [-0.2, -0.15) is 0 Å². The average Bonchev–Trinajstić information content (AvgIpc) is 2.53. The molecule has 0 saturated heterocycles. The summed E-state index contributed by atoms with van der Waals surface area (Å²) in [5, 5.41) is 2.91. The van der Waals surface area contributed by atoms with E-state index in [2.05, 4.69) is 5.32 Å². The smallest absolute Gasteiger partial charge is 0.220 e. The van der Waals surface area contributed by atoms with Crippen molar-refractivity contribution in [1.29, 1.82) is 0 Å². The van der Waals surface area contributed by atoms with E-state index in [1.807, 2.05) is 38.1 Å². The molecule has 0 radical (unpaired) electrons. The molecular formula is C19H22FNO2. The van der Waals surface area contributed by atoms with Crippen LogP contribution in [0, 0.1) is 12.7 Å². The molecule has 23 heavy (non-hydrogen) atoms. The summed E-state index contributed by atoms with van der Waals surface area (Å²) in [6.07, 6.45) is 0.970. The van der Waals surface area contributed by atoms with E-state index in [0.717, 1.165) is 16.9 Å². The van der Waals surface area contributed by atoms with Crippen molar-refractivity contribution in [1.82, 2.24) is 5.32 Å². The van der Waals surface area contributed by atoms with Crippen molar-refractivity contribution in [2.24, 2.45) is 0 Å². The second kappa shape index (κ2) is 8.32. The Morgan fingerprint density at radius 2 is 1.87 bits per heavy atom. The molecule has 0 fully saturated rings. The summed E-state index contributed by atoms with van der Waals surface area (Å²) in [4.78, 5) is 11.9. The molecule has 1 amide bonds. The fourth-order valence-electron chi connectivity index (χ4n) is 2.23. The minimum atomic E-state index is -0.264. The van der Waals surface area contributed by atoms with Crippen molar-refractivity contribution < 1.29 is 13.9 Å². The molecule has 0 aromatic heterocycles. The fourth-order valence-corrected chi connectivity index (χ4v) is 2.23. The quantitative estimate of drug-likeness (QED) is 0.847. The maximum absolute atomic E-state index is 12.8. The number of ether oxygens (including phenoxy) is 1. The zero-order valence-corrected chi connectivity index (χ0v) is 13.5. The number of nitrogens with one attached hydrogen (secondary N) is 1. The molecule has 2 rings (SSSR count). The highest BCUT2D eigenvalue weighted by Gasteiger charge is 2.09. The molecule has 122 valence electrons. The Balaban J connectivity index is 1.72. The van der Waals surface area contributed by atoms with Gasteiger partial charge < -0.3 is 10.1 Å². The van der Waals surface area contributed by atoms with Crippen LogP contribution in [0.25, 0.3) is 0 Å². The third-order valence-electron chi connectivity index (χ3n) is 3.54. The van der Waals surface area contributed by atoms with Gasteiger partial charge in [0, 0.05) is 6.42 Å². The predicted octanol–water partition coefficient (Wildman–Crippen LogP) is 3.65. The van der Waals surface area contributed by atoms with Gasteiger partial charge in [-0.3, -0.25) is 4.79 Å². The Bertz CT molecular complexity index is 640. The Labute approximate surface area is 136 Å². The first-order valence-corrected chi connectivity index (χ1v) is 7.77. The van der Waals surface area contributed by atoms with Gasteiger partial charge in [-0.15, -0.1) is 0 Å². The number of carbonyl (C=O) groups is 1. The van der Waals surface area contributed by atoms with Crippen LogP contribution in [-0.4, -0.2) is 18.6 Å². The van der Waals surface area contributed by atoms with Gasteiger partial charge in [0.1, 0.15) is 18.2 Å². The second-order valence-corrected chi connectivity index (χ2v) is 5.67. The lowest BCUT2D eigenvalue weighted by molar-refractivity contribution is -0.121. The maximum atomic E-state index is 12.8. The van der Waals surface area contributed by atoms with Gasteiger partial charge in [-0.25, -0.2) is 4.39 Å². The molecule has 2 aromatic carbocycles. The van der Waals surface area contributed by atoms with E-state index >= 15 is 0 Å². The van der Waals surface area contributed by atoms with Crippen LogP contribution in [0.15, 0.2) is 48.5 Å². The number of carbonyl (C=O) groups excluding carboxylic acids is 1. The lowest BCUT2D eigenvalue weighted by Gasteiger charge is -2.16. The van der Waals surface area contributed by atoms with E-state index in [1.54, 1.807) is 12.1 Å². The molecular weight excluding hydrogens is 293 g/mol. The molecule has 2 aromatic rings.